The van der Waals surface area contributed by atoms with Crippen LogP contribution >= 0.6 is 0 Å². The molecule has 1 aromatic rings. The molecule has 0 heterocycles. The summed E-state index contributed by atoms with van der Waals surface area (Å²) in [5.41, 5.74) is 0. The summed E-state index contributed by atoms with van der Waals surface area (Å²) >= 11 is 0. The molecule has 56 valence electrons. The topological polar surface area (TPSA) is 60.2 Å². The van der Waals surface area contributed by atoms with E-state index >= 15 is 0 Å². The van der Waals surface area contributed by atoms with Gasteiger partial charge in [0.1, 0.15) is 0 Å². The Bertz CT molecular complexity index is 309. The van der Waals surface area contributed by atoms with E-state index in [0.717, 1.165) is 0 Å². The van der Waals surface area contributed by atoms with Crippen LogP contribution in [0.3, 0.4) is 0 Å². The van der Waals surface area contributed by atoms with Crippen LogP contribution in [0.15, 0.2) is 35.2 Å². The lowest BCUT2D eigenvalue weighted by Gasteiger charge is -1.93. The minimum atomic E-state index is -3.50. The quantitative estimate of drug-likeness (QED) is 0.651. The zero-order chi connectivity index (χ0) is 7.61. The average molecular weight is 159 g/mol. The molecule has 1 rings (SSSR count). The molecular formula is C6H9NO2S. The van der Waals surface area contributed by atoms with Gasteiger partial charge in [-0.25, -0.2) is 13.6 Å². The van der Waals surface area contributed by atoms with Crippen LogP contribution in [-0.2, 0) is 10.0 Å². The van der Waals surface area contributed by atoms with Crippen LogP contribution in [0.25, 0.3) is 0 Å². The van der Waals surface area contributed by atoms with Crippen molar-refractivity contribution in [3.8, 4) is 0 Å². The fraction of sp³-hybridized carbons (Fsp3) is 0. The molecule has 0 radical (unpaired) electrons. The number of hydrogen-bond donors (Lipinski definition) is 1. The summed E-state index contributed by atoms with van der Waals surface area (Å²) in [6.07, 6.45) is 0. The number of nitrogens with two attached hydrogens (primary N) is 1. The lowest BCUT2D eigenvalue weighted by Crippen LogP contribution is -2.11. The predicted molar refractivity (Wildman–Crippen MR) is 39.9 cm³/mol. The zero-order valence-electron chi connectivity index (χ0n) is 5.19. The first kappa shape index (κ1) is 7.24. The lowest BCUT2D eigenvalue weighted by atomic mass is 10.4. The van der Waals surface area contributed by atoms with Crippen molar-refractivity contribution in [3.63, 3.8) is 0 Å². The molecule has 10 heavy (non-hydrogen) atoms. The number of primary sulfonamides is 1. The minimum Gasteiger partial charge on any atom is -0.225 e. The second-order valence-electron chi connectivity index (χ2n) is 1.86. The highest BCUT2D eigenvalue weighted by Gasteiger charge is 2.03. The van der Waals surface area contributed by atoms with Crippen LogP contribution < -0.4 is 5.14 Å². The second kappa shape index (κ2) is 2.40. The van der Waals surface area contributed by atoms with Gasteiger partial charge in [0.2, 0.25) is 10.0 Å². The molecule has 0 unspecified atom stereocenters. The third-order valence-corrected chi connectivity index (χ3v) is 2.00. The van der Waals surface area contributed by atoms with Crippen LogP contribution in [0.4, 0.5) is 0 Å². The molecule has 0 bridgehead atoms. The minimum absolute atomic E-state index is 0. The number of rotatable bonds is 1. The van der Waals surface area contributed by atoms with Crippen molar-refractivity contribution in [3.05, 3.63) is 30.3 Å². The molecule has 0 saturated carbocycles. The number of sulfonamides is 1. The van der Waals surface area contributed by atoms with E-state index in [4.69, 9.17) is 5.14 Å². The van der Waals surface area contributed by atoms with E-state index in [1.165, 1.54) is 12.1 Å². The Balaban J connectivity index is 0.000001000. The third-order valence-electron chi connectivity index (χ3n) is 1.07. The van der Waals surface area contributed by atoms with Gasteiger partial charge < -0.3 is 0 Å². The first-order valence-electron chi connectivity index (χ1n) is 2.68. The molecule has 0 aliphatic carbocycles. The highest BCUT2D eigenvalue weighted by atomic mass is 32.2. The fourth-order valence-electron chi connectivity index (χ4n) is 0.610. The van der Waals surface area contributed by atoms with E-state index < -0.39 is 10.0 Å². The molecule has 1 aromatic carbocycles. The second-order valence-corrected chi connectivity index (χ2v) is 3.42. The average Bonchev–Trinajstić information content (AvgIpc) is 1.88. The van der Waals surface area contributed by atoms with Gasteiger partial charge in [-0.3, -0.25) is 0 Å². The highest BCUT2D eigenvalue weighted by Crippen LogP contribution is 2.02. The highest BCUT2D eigenvalue weighted by molar-refractivity contribution is 7.89. The Morgan fingerprint density at radius 2 is 1.70 bits per heavy atom. The third kappa shape index (κ3) is 1.55. The molecule has 0 aliphatic heterocycles. The summed E-state index contributed by atoms with van der Waals surface area (Å²) < 4.78 is 21.2. The molecule has 2 N–H and O–H groups in total. The van der Waals surface area contributed by atoms with E-state index in [0.29, 0.717) is 0 Å². The Hall–Kier alpha value is -0.870. The van der Waals surface area contributed by atoms with Gasteiger partial charge in [0, 0.05) is 1.43 Å². The molecule has 3 nitrogen and oxygen atoms in total. The predicted octanol–water partition coefficient (Wildman–Crippen LogP) is 0.580. The van der Waals surface area contributed by atoms with Crippen LogP contribution in [0, 0.1) is 0 Å². The molecule has 0 atom stereocenters. The van der Waals surface area contributed by atoms with Crippen LogP contribution in [0.1, 0.15) is 1.43 Å². The summed E-state index contributed by atoms with van der Waals surface area (Å²) in [5, 5.41) is 4.83. The number of benzene rings is 1. The maximum absolute atomic E-state index is 10.6. The van der Waals surface area contributed by atoms with Crippen molar-refractivity contribution < 1.29 is 9.84 Å². The van der Waals surface area contributed by atoms with Crippen molar-refractivity contribution >= 4 is 10.0 Å². The summed E-state index contributed by atoms with van der Waals surface area (Å²) in [5.74, 6) is 0. The largest absolute Gasteiger partial charge is 0.238 e. The Morgan fingerprint density at radius 3 is 2.00 bits per heavy atom. The van der Waals surface area contributed by atoms with Crippen molar-refractivity contribution in [2.45, 2.75) is 4.90 Å². The van der Waals surface area contributed by atoms with Gasteiger partial charge in [0.15, 0.2) is 0 Å². The van der Waals surface area contributed by atoms with E-state index in [1.807, 2.05) is 0 Å². The van der Waals surface area contributed by atoms with Gasteiger partial charge in [-0.1, -0.05) is 18.2 Å². The first-order chi connectivity index (χ1) is 4.61. The van der Waals surface area contributed by atoms with Crippen molar-refractivity contribution in [1.82, 2.24) is 0 Å². The van der Waals surface area contributed by atoms with Crippen LogP contribution in [0.5, 0.6) is 0 Å². The first-order valence-corrected chi connectivity index (χ1v) is 4.23. The molecule has 0 fully saturated rings. The monoisotopic (exact) mass is 159 g/mol. The molecule has 4 heteroatoms. The molecule has 0 spiro atoms. The summed E-state index contributed by atoms with van der Waals surface area (Å²) in [4.78, 5) is 0.148. The van der Waals surface area contributed by atoms with Crippen molar-refractivity contribution in [2.75, 3.05) is 0 Å². The molecule has 0 amide bonds. The summed E-state index contributed by atoms with van der Waals surface area (Å²) in [6, 6.07) is 7.89. The van der Waals surface area contributed by atoms with E-state index in [9.17, 15) is 8.42 Å². The van der Waals surface area contributed by atoms with Gasteiger partial charge in [-0.2, -0.15) is 0 Å². The van der Waals surface area contributed by atoms with Gasteiger partial charge in [-0.05, 0) is 12.1 Å². The van der Waals surface area contributed by atoms with Crippen LogP contribution in [-0.4, -0.2) is 8.42 Å². The van der Waals surface area contributed by atoms with Gasteiger partial charge in [-0.15, -0.1) is 0 Å². The van der Waals surface area contributed by atoms with E-state index in [-0.39, 0.29) is 6.32 Å². The van der Waals surface area contributed by atoms with Crippen molar-refractivity contribution in [2.24, 2.45) is 5.14 Å². The summed E-state index contributed by atoms with van der Waals surface area (Å²) in [7, 11) is -3.50. The van der Waals surface area contributed by atoms with Gasteiger partial charge in [0.25, 0.3) is 0 Å². The normalized spacial score (nSPS) is 11.3. The van der Waals surface area contributed by atoms with Gasteiger partial charge in [0.05, 0.1) is 4.90 Å². The fourth-order valence-corrected chi connectivity index (χ4v) is 1.15. The number of hydrogen-bond acceptors (Lipinski definition) is 2. The Kier molecular flexibility index (Phi) is 1.74. The van der Waals surface area contributed by atoms with Crippen molar-refractivity contribution in [1.29, 1.82) is 0 Å². The molecule has 0 saturated heterocycles. The molecular weight excluding hydrogens is 150 g/mol. The van der Waals surface area contributed by atoms with Gasteiger partial charge >= 0.3 is 0 Å². The summed E-state index contributed by atoms with van der Waals surface area (Å²) in [6.45, 7) is 0. The lowest BCUT2D eigenvalue weighted by molar-refractivity contribution is 0.598. The maximum Gasteiger partial charge on any atom is 0.238 e. The smallest absolute Gasteiger partial charge is 0.225 e. The van der Waals surface area contributed by atoms with E-state index in [1.54, 1.807) is 18.2 Å². The maximum atomic E-state index is 10.6. The SMILES string of the molecule is NS(=O)(=O)c1ccccc1.[HH]. The zero-order valence-corrected chi connectivity index (χ0v) is 6.01. The van der Waals surface area contributed by atoms with Crippen LogP contribution in [0.2, 0.25) is 0 Å². The standard InChI is InChI=1S/C6H7NO2S.H2/c7-10(8,9)6-4-2-1-3-5-6;/h1-5H,(H2,7,8,9);1H. The Morgan fingerprint density at radius 1 is 1.20 bits per heavy atom. The van der Waals surface area contributed by atoms with E-state index in [2.05, 4.69) is 0 Å². The Labute approximate surface area is 61.0 Å². The molecule has 0 aliphatic rings. The molecule has 0 aromatic heterocycles.